The van der Waals surface area contributed by atoms with Crippen molar-refractivity contribution in [3.8, 4) is 0 Å². The maximum atomic E-state index is 13.1. The summed E-state index contributed by atoms with van der Waals surface area (Å²) < 4.78 is 39.3. The lowest BCUT2D eigenvalue weighted by Crippen LogP contribution is -2.40. The third-order valence-electron chi connectivity index (χ3n) is 5.48. The number of aliphatic imine (C=N–C) groups is 1. The summed E-state index contributed by atoms with van der Waals surface area (Å²) in [5.41, 5.74) is 1.29. The molecule has 2 heterocycles. The van der Waals surface area contributed by atoms with Gasteiger partial charge in [-0.2, -0.15) is 13.2 Å². The summed E-state index contributed by atoms with van der Waals surface area (Å²) in [5.74, 6) is -0.410. The maximum Gasteiger partial charge on any atom is 0.416 e. The fourth-order valence-corrected chi connectivity index (χ4v) is 4.69. The van der Waals surface area contributed by atoms with Crippen molar-refractivity contribution in [1.82, 2.24) is 15.1 Å². The molecule has 0 aromatic heterocycles. The minimum Gasteiger partial charge on any atom is -0.353 e. The number of halogens is 3. The van der Waals surface area contributed by atoms with Crippen molar-refractivity contribution in [3.05, 3.63) is 57.8 Å². The van der Waals surface area contributed by atoms with Crippen LogP contribution in [0.3, 0.4) is 0 Å². The minimum absolute atomic E-state index is 0.0993. The molecule has 0 spiro atoms. The summed E-state index contributed by atoms with van der Waals surface area (Å²) in [5, 5.41) is 5.36. The Hall–Kier alpha value is -2.75. The molecule has 1 aromatic carbocycles. The van der Waals surface area contributed by atoms with Crippen LogP contribution in [-0.2, 0) is 15.8 Å². The molecule has 1 saturated carbocycles. The number of alkyl halides is 3. The van der Waals surface area contributed by atoms with E-state index >= 15 is 0 Å². The van der Waals surface area contributed by atoms with Crippen LogP contribution >= 0.6 is 11.8 Å². The Morgan fingerprint density at radius 1 is 1.22 bits per heavy atom. The van der Waals surface area contributed by atoms with Gasteiger partial charge in [0.15, 0.2) is 5.17 Å². The smallest absolute Gasteiger partial charge is 0.353 e. The van der Waals surface area contributed by atoms with Crippen LogP contribution in [0.5, 0.6) is 0 Å². The summed E-state index contributed by atoms with van der Waals surface area (Å²) in [6, 6.07) is 4.33. The van der Waals surface area contributed by atoms with E-state index in [1.165, 1.54) is 28.8 Å². The first-order chi connectivity index (χ1) is 15.1. The molecule has 1 atom stereocenters. The Kier molecular flexibility index (Phi) is 5.83. The molecule has 1 N–H and O–H groups in total. The Bertz CT molecular complexity index is 1040. The van der Waals surface area contributed by atoms with Crippen LogP contribution in [0.4, 0.5) is 13.2 Å². The number of carbonyl (C=O) groups excluding carboxylic acids is 2. The molecule has 4 rings (SSSR count). The van der Waals surface area contributed by atoms with Gasteiger partial charge in [-0.05, 0) is 42.9 Å². The summed E-state index contributed by atoms with van der Waals surface area (Å²) in [6.45, 7) is 1.72. The molecule has 1 aromatic rings. The average molecular weight is 465 g/mol. The second kappa shape index (κ2) is 8.31. The molecular weight excluding hydrogens is 441 g/mol. The van der Waals surface area contributed by atoms with Gasteiger partial charge in [0.1, 0.15) is 0 Å². The van der Waals surface area contributed by atoms with E-state index in [4.69, 9.17) is 0 Å². The molecule has 0 bridgehead atoms. The number of nitrogens with one attached hydrogen (secondary N) is 1. The van der Waals surface area contributed by atoms with Crippen LogP contribution in [0.2, 0.25) is 0 Å². The van der Waals surface area contributed by atoms with Crippen LogP contribution < -0.4 is 5.32 Å². The molecule has 2 aliphatic heterocycles. The molecule has 6 nitrogen and oxygen atoms in total. The Labute approximate surface area is 188 Å². The second-order valence-corrected chi connectivity index (χ2v) is 9.07. The normalized spacial score (nSPS) is 20.6. The zero-order chi connectivity index (χ0) is 23.2. The Morgan fingerprint density at radius 3 is 2.44 bits per heavy atom. The van der Waals surface area contributed by atoms with Crippen molar-refractivity contribution in [3.63, 3.8) is 0 Å². The van der Waals surface area contributed by atoms with Crippen molar-refractivity contribution in [2.75, 3.05) is 14.1 Å². The molecule has 170 valence electrons. The number of hydrogen-bond donors (Lipinski definition) is 1. The highest BCUT2D eigenvalue weighted by atomic mass is 32.2. The van der Waals surface area contributed by atoms with Crippen molar-refractivity contribution in [2.24, 2.45) is 4.99 Å². The number of benzene rings is 1. The molecule has 10 heteroatoms. The SMILES string of the molecule is CC1=C(C(=O)N(C)C)C(c2ccc(C(F)(F)F)cc2)N2C(CC(=O)NC3CC3)=CSC2=N1. The van der Waals surface area contributed by atoms with E-state index in [0.717, 1.165) is 25.0 Å². The number of fused-ring (bicyclic) bond motifs is 1. The van der Waals surface area contributed by atoms with Gasteiger partial charge in [0.25, 0.3) is 5.91 Å². The largest absolute Gasteiger partial charge is 0.416 e. The van der Waals surface area contributed by atoms with Crippen molar-refractivity contribution in [1.29, 1.82) is 0 Å². The van der Waals surface area contributed by atoms with Crippen LogP contribution in [0, 0.1) is 0 Å². The fraction of sp³-hybridized carbons (Fsp3) is 0.409. The first-order valence-electron chi connectivity index (χ1n) is 10.2. The third kappa shape index (κ3) is 4.41. The standard InChI is InChI=1S/C22H23F3N4O2S/c1-12-18(20(31)28(2)3)19(13-4-6-14(7-5-13)22(23,24)25)29-16(11-32-21(29)26-12)10-17(30)27-15-8-9-15/h4-7,11,15,19H,8-10H2,1-3H3,(H,27,30). The van der Waals surface area contributed by atoms with Crippen LogP contribution in [-0.4, -0.2) is 46.9 Å². The minimum atomic E-state index is -4.46. The van der Waals surface area contributed by atoms with Crippen LogP contribution in [0.15, 0.2) is 51.6 Å². The predicted octanol–water partition coefficient (Wildman–Crippen LogP) is 4.04. The molecular formula is C22H23F3N4O2S. The summed E-state index contributed by atoms with van der Waals surface area (Å²) >= 11 is 1.34. The van der Waals surface area contributed by atoms with E-state index < -0.39 is 17.8 Å². The van der Waals surface area contributed by atoms with E-state index in [1.807, 2.05) is 5.41 Å². The molecule has 1 fully saturated rings. The lowest BCUT2D eigenvalue weighted by Gasteiger charge is -2.37. The number of amides is 2. The van der Waals surface area contributed by atoms with Gasteiger partial charge in [-0.25, -0.2) is 4.99 Å². The lowest BCUT2D eigenvalue weighted by atomic mass is 9.92. The monoisotopic (exact) mass is 464 g/mol. The Balaban J connectivity index is 1.73. The van der Waals surface area contributed by atoms with Gasteiger partial charge in [0.05, 0.1) is 29.3 Å². The molecule has 1 unspecified atom stereocenters. The number of nitrogens with zero attached hydrogens (tertiary/aromatic N) is 3. The van der Waals surface area contributed by atoms with E-state index in [-0.39, 0.29) is 24.3 Å². The molecule has 0 radical (unpaired) electrons. The average Bonchev–Trinajstić information content (AvgIpc) is 3.45. The predicted molar refractivity (Wildman–Crippen MR) is 116 cm³/mol. The lowest BCUT2D eigenvalue weighted by molar-refractivity contribution is -0.137. The summed E-state index contributed by atoms with van der Waals surface area (Å²) in [6.07, 6.45) is -2.43. The van der Waals surface area contributed by atoms with Gasteiger partial charge in [-0.1, -0.05) is 23.9 Å². The topological polar surface area (TPSA) is 65.0 Å². The highest BCUT2D eigenvalue weighted by molar-refractivity contribution is 8.16. The number of allylic oxidation sites excluding steroid dienone is 1. The van der Waals surface area contributed by atoms with Crippen molar-refractivity contribution >= 4 is 28.7 Å². The molecule has 1 aliphatic carbocycles. The summed E-state index contributed by atoms with van der Waals surface area (Å²) in [4.78, 5) is 33.3. The van der Waals surface area contributed by atoms with E-state index in [1.54, 1.807) is 25.9 Å². The molecule has 2 amide bonds. The third-order valence-corrected chi connectivity index (χ3v) is 6.36. The van der Waals surface area contributed by atoms with E-state index in [0.29, 0.717) is 27.7 Å². The van der Waals surface area contributed by atoms with Gasteiger partial charge >= 0.3 is 6.18 Å². The number of carbonyl (C=O) groups is 2. The summed E-state index contributed by atoms with van der Waals surface area (Å²) in [7, 11) is 3.23. The Morgan fingerprint density at radius 2 is 1.88 bits per heavy atom. The van der Waals surface area contributed by atoms with Gasteiger partial charge in [-0.15, -0.1) is 0 Å². The fourth-order valence-electron chi connectivity index (χ4n) is 3.72. The number of amidine groups is 1. The van der Waals surface area contributed by atoms with Crippen LogP contribution in [0.1, 0.15) is 43.4 Å². The van der Waals surface area contributed by atoms with Gasteiger partial charge in [0, 0.05) is 25.8 Å². The molecule has 3 aliphatic rings. The van der Waals surface area contributed by atoms with Crippen molar-refractivity contribution in [2.45, 2.75) is 44.4 Å². The number of rotatable bonds is 5. The quantitative estimate of drug-likeness (QED) is 0.715. The number of hydrogen-bond acceptors (Lipinski definition) is 5. The highest BCUT2D eigenvalue weighted by Crippen LogP contribution is 2.45. The first-order valence-corrected chi connectivity index (χ1v) is 11.1. The zero-order valence-electron chi connectivity index (χ0n) is 17.9. The maximum absolute atomic E-state index is 13.1. The number of likely N-dealkylation sites (N-methyl/N-ethyl adjacent to an activating group) is 1. The highest BCUT2D eigenvalue weighted by Gasteiger charge is 2.41. The number of thioether (sulfide) groups is 1. The molecule has 0 saturated heterocycles. The molecule has 32 heavy (non-hydrogen) atoms. The van der Waals surface area contributed by atoms with Gasteiger partial charge in [-0.3, -0.25) is 9.59 Å². The zero-order valence-corrected chi connectivity index (χ0v) is 18.7. The van der Waals surface area contributed by atoms with Crippen LogP contribution in [0.25, 0.3) is 0 Å². The second-order valence-electron chi connectivity index (χ2n) is 8.23. The van der Waals surface area contributed by atoms with E-state index in [2.05, 4.69) is 10.3 Å². The van der Waals surface area contributed by atoms with E-state index in [9.17, 15) is 22.8 Å². The van der Waals surface area contributed by atoms with Gasteiger partial charge < -0.3 is 15.1 Å². The van der Waals surface area contributed by atoms with Gasteiger partial charge in [0.2, 0.25) is 5.91 Å². The first kappa shape index (κ1) is 22.4. The van der Waals surface area contributed by atoms with Crippen molar-refractivity contribution < 1.29 is 22.8 Å².